The molecule has 329 valence electrons. The SMILES string of the molecule is COc1nc(-c2ccccc2)ccc1C(=O)C=Nc1c(F)c(F)c(F)c(F)c1F.COc1nc(Cl)c(Cl)c(C(=O)C=Nc2c(F)c(F)c(F)c(F)c2F)c1-c1[c-]cccc1.[Cu].[Ni]. The molecule has 0 atom stereocenters. The molecule has 62 heavy (non-hydrogen) atoms. The third kappa shape index (κ3) is 10.5. The van der Waals surface area contributed by atoms with Crippen LogP contribution >= 0.6 is 23.2 Å². The number of hydrogen-bond acceptors (Lipinski definition) is 8. The number of carbonyl (C=O) groups excluding carboxylic acids is 2. The monoisotopic (exact) mass is 1000 g/mol. The van der Waals surface area contributed by atoms with E-state index in [2.05, 4.69) is 26.0 Å². The van der Waals surface area contributed by atoms with Gasteiger partial charge in [0.1, 0.15) is 11.4 Å². The van der Waals surface area contributed by atoms with E-state index < -0.39 is 81.1 Å². The van der Waals surface area contributed by atoms with Gasteiger partial charge in [0.25, 0.3) is 0 Å². The molecule has 1 radical (unpaired) electrons. The number of ketones is 2. The van der Waals surface area contributed by atoms with Gasteiger partial charge in [-0.1, -0.05) is 53.5 Å². The normalized spacial score (nSPS) is 10.8. The summed E-state index contributed by atoms with van der Waals surface area (Å²) in [6.45, 7) is 0. The maximum Gasteiger partial charge on any atom is 0.225 e. The molecular weight excluding hydrogens is 984 g/mol. The van der Waals surface area contributed by atoms with Crippen molar-refractivity contribution in [3.05, 3.63) is 152 Å². The van der Waals surface area contributed by atoms with E-state index in [0.717, 1.165) is 5.56 Å². The molecule has 0 spiro atoms. The predicted molar refractivity (Wildman–Crippen MR) is 199 cm³/mol. The van der Waals surface area contributed by atoms with Crippen LogP contribution in [0.5, 0.6) is 11.8 Å². The largest absolute Gasteiger partial charge is 0.487 e. The van der Waals surface area contributed by atoms with Gasteiger partial charge in [-0.05, 0) is 17.7 Å². The number of methoxy groups -OCH3 is 2. The van der Waals surface area contributed by atoms with Crippen molar-refractivity contribution in [3.63, 3.8) is 0 Å². The number of Topliss-reactive ketones (excluding diaryl/α,β-unsaturated/α-hetero) is 2. The quantitative estimate of drug-likeness (QED) is 0.0198. The average Bonchev–Trinajstić information content (AvgIpc) is 3.27. The van der Waals surface area contributed by atoms with Crippen LogP contribution in [-0.4, -0.2) is 48.2 Å². The molecule has 4 aromatic carbocycles. The van der Waals surface area contributed by atoms with Crippen molar-refractivity contribution in [2.24, 2.45) is 9.98 Å². The fourth-order valence-corrected chi connectivity index (χ4v) is 5.44. The van der Waals surface area contributed by atoms with Gasteiger partial charge >= 0.3 is 0 Å². The Balaban J connectivity index is 0.000000321. The van der Waals surface area contributed by atoms with Crippen LogP contribution < -0.4 is 9.47 Å². The number of hydrogen-bond donors (Lipinski definition) is 0. The topological polar surface area (TPSA) is 103 Å². The smallest absolute Gasteiger partial charge is 0.225 e. The zero-order valence-electron chi connectivity index (χ0n) is 30.6. The summed E-state index contributed by atoms with van der Waals surface area (Å²) in [5.41, 5.74) is -1.86. The fourth-order valence-electron chi connectivity index (χ4n) is 5.04. The molecule has 0 unspecified atom stereocenters. The van der Waals surface area contributed by atoms with Crippen LogP contribution in [0.25, 0.3) is 22.4 Å². The van der Waals surface area contributed by atoms with E-state index in [1.807, 2.05) is 6.07 Å². The van der Waals surface area contributed by atoms with Crippen LogP contribution in [0.2, 0.25) is 10.2 Å². The van der Waals surface area contributed by atoms with E-state index in [4.69, 9.17) is 32.7 Å². The van der Waals surface area contributed by atoms with E-state index in [0.29, 0.717) is 23.7 Å². The molecule has 22 heteroatoms. The summed E-state index contributed by atoms with van der Waals surface area (Å²) < 4.78 is 145. The Kier molecular flexibility index (Phi) is 17.9. The minimum atomic E-state index is -2.35. The van der Waals surface area contributed by atoms with Crippen LogP contribution in [0.1, 0.15) is 20.7 Å². The van der Waals surface area contributed by atoms with Crippen molar-refractivity contribution in [1.29, 1.82) is 0 Å². The summed E-state index contributed by atoms with van der Waals surface area (Å²) in [6, 6.07) is 21.0. The van der Waals surface area contributed by atoms with Crippen molar-refractivity contribution in [2.45, 2.75) is 0 Å². The minimum absolute atomic E-state index is 0. The molecule has 0 aliphatic heterocycles. The van der Waals surface area contributed by atoms with Crippen LogP contribution in [0, 0.1) is 64.2 Å². The number of ether oxygens (including phenoxy) is 2. The van der Waals surface area contributed by atoms with Crippen LogP contribution in [0.15, 0.2) is 76.7 Å². The number of aliphatic imine (C=N–C) groups is 2. The first kappa shape index (κ1) is 50.7. The van der Waals surface area contributed by atoms with Gasteiger partial charge in [0, 0.05) is 44.7 Å². The number of nitrogens with zero attached hydrogens (tertiary/aromatic N) is 4. The minimum Gasteiger partial charge on any atom is -0.487 e. The van der Waals surface area contributed by atoms with E-state index in [1.165, 1.54) is 32.4 Å². The fraction of sp³-hybridized carbons (Fsp3) is 0.0500. The van der Waals surface area contributed by atoms with Crippen LogP contribution in [0.4, 0.5) is 55.3 Å². The maximum absolute atomic E-state index is 13.8. The van der Waals surface area contributed by atoms with E-state index in [-0.39, 0.29) is 72.2 Å². The molecule has 0 bridgehead atoms. The third-order valence-electron chi connectivity index (χ3n) is 7.87. The zero-order chi connectivity index (χ0) is 44.0. The van der Waals surface area contributed by atoms with Crippen molar-refractivity contribution in [2.75, 3.05) is 14.2 Å². The van der Waals surface area contributed by atoms with Gasteiger partial charge in [0.2, 0.25) is 23.3 Å². The van der Waals surface area contributed by atoms with Crippen molar-refractivity contribution >= 4 is 58.6 Å². The first-order valence-corrected chi connectivity index (χ1v) is 17.0. The number of benzene rings is 4. The van der Waals surface area contributed by atoms with Crippen molar-refractivity contribution < 1.29 is 96.5 Å². The van der Waals surface area contributed by atoms with Crippen LogP contribution in [0.3, 0.4) is 0 Å². The molecule has 0 aliphatic rings. The number of carbonyl (C=O) groups is 2. The van der Waals surface area contributed by atoms with Gasteiger partial charge < -0.3 is 9.47 Å². The number of pyridine rings is 2. The Labute approximate surface area is 374 Å². The van der Waals surface area contributed by atoms with E-state index in [1.54, 1.807) is 42.5 Å². The van der Waals surface area contributed by atoms with E-state index >= 15 is 0 Å². The molecule has 8 nitrogen and oxygen atoms in total. The first-order chi connectivity index (χ1) is 28.5. The Morgan fingerprint density at radius 1 is 0.613 bits per heavy atom. The van der Waals surface area contributed by atoms with Gasteiger partial charge in [0.05, 0.1) is 42.9 Å². The van der Waals surface area contributed by atoms with Crippen LogP contribution in [-0.2, 0) is 33.6 Å². The molecule has 0 saturated carbocycles. The van der Waals surface area contributed by atoms with Gasteiger partial charge in [-0.25, -0.2) is 63.9 Å². The standard InChI is InChI=1S/C20H8Cl2F5N2O2.C20H11F5N2O2.Cu.Ni/c1-31-20-10(8-5-3-2-4-6-8)11(12(21)19(22)29-20)9(30)7-28-18-16(26)14(24)13(23)15(25)17(18)27;1-29-20-11(7-8-12(27-20)10-5-3-2-4-6-10)13(28)9-26-19-17(24)15(22)14(21)16(23)18(19)25;;/h2-5,7H,1H3;2-9H,1H3;;/q-1;;;. The molecule has 0 amide bonds. The van der Waals surface area contributed by atoms with Crippen molar-refractivity contribution in [1.82, 2.24) is 9.97 Å². The van der Waals surface area contributed by atoms with Gasteiger partial charge in [-0.15, -0.1) is 35.9 Å². The summed E-state index contributed by atoms with van der Waals surface area (Å²) in [4.78, 5) is 39.6. The number of aromatic nitrogens is 2. The first-order valence-electron chi connectivity index (χ1n) is 16.2. The molecule has 6 rings (SSSR count). The van der Waals surface area contributed by atoms with E-state index in [9.17, 15) is 53.5 Å². The summed E-state index contributed by atoms with van der Waals surface area (Å²) in [5, 5.41) is -0.672. The number of halogens is 12. The van der Waals surface area contributed by atoms with Crippen molar-refractivity contribution in [3.8, 4) is 34.1 Å². The molecule has 0 N–H and O–H groups in total. The third-order valence-corrected chi connectivity index (χ3v) is 8.60. The molecule has 2 heterocycles. The summed E-state index contributed by atoms with van der Waals surface area (Å²) >= 11 is 12.1. The summed E-state index contributed by atoms with van der Waals surface area (Å²) in [6.07, 6.45) is 0.779. The molecule has 0 fully saturated rings. The Bertz CT molecular complexity index is 2670. The number of rotatable bonds is 10. The Hall–Kier alpha value is -5.65. The Morgan fingerprint density at radius 3 is 1.55 bits per heavy atom. The molecule has 6 aromatic rings. The van der Waals surface area contributed by atoms with Gasteiger partial charge in [-0.2, -0.15) is 0 Å². The molecule has 0 aliphatic carbocycles. The second-order valence-electron chi connectivity index (χ2n) is 11.5. The Morgan fingerprint density at radius 2 is 1.08 bits per heavy atom. The maximum atomic E-state index is 13.8. The summed E-state index contributed by atoms with van der Waals surface area (Å²) in [7, 11) is 2.51. The predicted octanol–water partition coefficient (Wildman–Crippen LogP) is 11.2. The molecule has 0 saturated heterocycles. The molecule has 2 aromatic heterocycles. The molecular formula is C40H19Cl2CuF10N4NiO4-. The average molecular weight is 1000 g/mol. The zero-order valence-corrected chi connectivity index (χ0v) is 34.0. The van der Waals surface area contributed by atoms with Gasteiger partial charge in [0.15, 0.2) is 63.4 Å². The second kappa shape index (κ2) is 21.9. The van der Waals surface area contributed by atoms with Gasteiger partial charge in [-0.3, -0.25) is 9.59 Å². The summed E-state index contributed by atoms with van der Waals surface area (Å²) in [5.74, 6) is -24.3. The second-order valence-corrected chi connectivity index (χ2v) is 12.2.